The predicted molar refractivity (Wildman–Crippen MR) is 154 cm³/mol. The molecule has 0 saturated carbocycles. The van der Waals surface area contributed by atoms with Crippen LogP contribution in [0.3, 0.4) is 0 Å². The van der Waals surface area contributed by atoms with Crippen molar-refractivity contribution >= 4 is 35.8 Å². The van der Waals surface area contributed by atoms with Crippen LogP contribution in [-0.2, 0) is 43.6 Å². The van der Waals surface area contributed by atoms with E-state index in [4.69, 9.17) is 30.4 Å². The highest BCUT2D eigenvalue weighted by Crippen LogP contribution is 2.38. The van der Waals surface area contributed by atoms with Crippen LogP contribution < -0.4 is 11.5 Å². The van der Waals surface area contributed by atoms with Crippen molar-refractivity contribution in [1.82, 2.24) is 0 Å². The number of nitrogens with two attached hydrogens (primary N) is 2. The summed E-state index contributed by atoms with van der Waals surface area (Å²) in [6, 6.07) is 23.4. The van der Waals surface area contributed by atoms with Gasteiger partial charge < -0.3 is 30.4 Å². The largest absolute Gasteiger partial charge is 0.465 e. The minimum atomic E-state index is -0.836. The van der Waals surface area contributed by atoms with Crippen LogP contribution in [0.25, 0.3) is 11.1 Å². The number of esters is 3. The maximum Gasteiger partial charge on any atom is 0.339 e. The van der Waals surface area contributed by atoms with E-state index in [0.29, 0.717) is 0 Å². The summed E-state index contributed by atoms with van der Waals surface area (Å²) < 4.78 is 21.2. The fourth-order valence-corrected chi connectivity index (χ4v) is 4.39. The molecule has 0 aliphatic heterocycles. The number of benzene rings is 4. The summed E-state index contributed by atoms with van der Waals surface area (Å²) in [5, 5.41) is 0. The van der Waals surface area contributed by atoms with Gasteiger partial charge in [-0.3, -0.25) is 4.79 Å². The van der Waals surface area contributed by atoms with Gasteiger partial charge in [-0.2, -0.15) is 0 Å². The van der Waals surface area contributed by atoms with Gasteiger partial charge in [0.05, 0.1) is 23.8 Å². The third kappa shape index (κ3) is 6.92. The maximum absolute atomic E-state index is 13.6. The van der Waals surface area contributed by atoms with Crippen molar-refractivity contribution in [3.63, 3.8) is 0 Å². The van der Waals surface area contributed by atoms with Gasteiger partial charge in [0.15, 0.2) is 0 Å². The molecule has 0 heterocycles. The van der Waals surface area contributed by atoms with Crippen molar-refractivity contribution in [3.05, 3.63) is 118 Å². The Morgan fingerprint density at radius 2 is 1.10 bits per heavy atom. The molecule has 0 unspecified atom stereocenters. The van der Waals surface area contributed by atoms with Crippen LogP contribution in [0, 0.1) is 0 Å². The van der Waals surface area contributed by atoms with Gasteiger partial charge >= 0.3 is 17.9 Å². The quantitative estimate of drug-likeness (QED) is 0.113. The first-order chi connectivity index (χ1) is 20.3. The highest BCUT2D eigenvalue weighted by atomic mass is 16.5. The third-order valence-electron chi connectivity index (χ3n) is 6.23. The summed E-state index contributed by atoms with van der Waals surface area (Å²) >= 11 is 0. The molecular formula is C32H28N2O8. The zero-order valence-electron chi connectivity index (χ0n) is 22.7. The lowest BCUT2D eigenvalue weighted by molar-refractivity contribution is -0.129. The number of carbonyl (C=O) groups is 4. The average Bonchev–Trinajstić information content (AvgIpc) is 3.01. The SMILES string of the molecule is COC(=O)c1cc(N)cc(C(=O)OCc2ccccc2)c1-c1c(COC=O)cc(N)cc1C(=O)OCc1ccccc1. The van der Waals surface area contributed by atoms with Gasteiger partial charge in [0.2, 0.25) is 0 Å². The minimum Gasteiger partial charge on any atom is -0.465 e. The van der Waals surface area contributed by atoms with Crippen molar-refractivity contribution in [3.8, 4) is 11.1 Å². The Bertz CT molecular complexity index is 1600. The predicted octanol–water partition coefficient (Wildman–Crippen LogP) is 4.69. The van der Waals surface area contributed by atoms with Crippen molar-refractivity contribution in [2.24, 2.45) is 0 Å². The molecule has 0 fully saturated rings. The number of ether oxygens (including phenoxy) is 4. The van der Waals surface area contributed by atoms with Gasteiger partial charge in [0.1, 0.15) is 19.8 Å². The van der Waals surface area contributed by atoms with E-state index in [2.05, 4.69) is 0 Å². The smallest absolute Gasteiger partial charge is 0.339 e. The van der Waals surface area contributed by atoms with Crippen LogP contribution in [0.5, 0.6) is 0 Å². The lowest BCUT2D eigenvalue weighted by atomic mass is 9.87. The molecule has 0 amide bonds. The number of nitrogen functional groups attached to an aromatic ring is 2. The molecule has 0 aliphatic carbocycles. The molecule has 214 valence electrons. The number of carbonyl (C=O) groups excluding carboxylic acids is 4. The summed E-state index contributed by atoms with van der Waals surface area (Å²) in [6.07, 6.45) is 0. The van der Waals surface area contributed by atoms with E-state index in [1.54, 1.807) is 48.5 Å². The Hall–Kier alpha value is -5.64. The number of anilines is 2. The Morgan fingerprint density at radius 3 is 1.57 bits per heavy atom. The molecule has 4 aromatic carbocycles. The highest BCUT2D eigenvalue weighted by Gasteiger charge is 2.29. The van der Waals surface area contributed by atoms with Crippen molar-refractivity contribution < 1.29 is 38.1 Å². The van der Waals surface area contributed by atoms with Gasteiger partial charge in [-0.05, 0) is 35.4 Å². The summed E-state index contributed by atoms with van der Waals surface area (Å²) in [7, 11) is 1.16. The maximum atomic E-state index is 13.6. The summed E-state index contributed by atoms with van der Waals surface area (Å²) in [5.74, 6) is -2.46. The molecule has 4 aromatic rings. The number of hydrogen-bond acceptors (Lipinski definition) is 10. The van der Waals surface area contributed by atoms with Crippen LogP contribution in [0.1, 0.15) is 47.8 Å². The summed E-state index contributed by atoms with van der Waals surface area (Å²) in [5.41, 5.74) is 13.8. The standard InChI is InChI=1S/C32H28N2O8/c1-39-30(36)26-14-24(34)15-27(32(38)42-17-21-10-6-3-7-11-21)29(26)28-22(18-40-19-35)12-23(33)13-25(28)31(37)41-16-20-8-4-2-5-9-20/h2-15,19H,16-18,33-34H2,1H3. The van der Waals surface area contributed by atoms with Crippen molar-refractivity contribution in [2.45, 2.75) is 19.8 Å². The average molecular weight is 569 g/mol. The second-order valence-electron chi connectivity index (χ2n) is 9.12. The number of hydrogen-bond donors (Lipinski definition) is 2. The topological polar surface area (TPSA) is 157 Å². The van der Waals surface area contributed by atoms with Crippen LogP contribution in [0.15, 0.2) is 84.9 Å². The molecular weight excluding hydrogens is 540 g/mol. The van der Waals surface area contributed by atoms with Gasteiger partial charge in [0, 0.05) is 28.1 Å². The normalized spacial score (nSPS) is 10.4. The number of methoxy groups -OCH3 is 1. The molecule has 0 spiro atoms. The summed E-state index contributed by atoms with van der Waals surface area (Å²) in [4.78, 5) is 51.3. The first-order valence-corrected chi connectivity index (χ1v) is 12.7. The zero-order valence-corrected chi connectivity index (χ0v) is 22.7. The van der Waals surface area contributed by atoms with Crippen LogP contribution >= 0.6 is 0 Å². The lowest BCUT2D eigenvalue weighted by Crippen LogP contribution is -2.16. The molecule has 4 N–H and O–H groups in total. The Morgan fingerprint density at radius 1 is 0.643 bits per heavy atom. The minimum absolute atomic E-state index is 0.0229. The van der Waals surface area contributed by atoms with Crippen LogP contribution in [-0.4, -0.2) is 31.5 Å². The fourth-order valence-electron chi connectivity index (χ4n) is 4.39. The second-order valence-corrected chi connectivity index (χ2v) is 9.12. The van der Waals surface area contributed by atoms with Crippen molar-refractivity contribution in [2.75, 3.05) is 18.6 Å². The molecule has 10 heteroatoms. The molecule has 0 radical (unpaired) electrons. The molecule has 0 saturated heterocycles. The molecule has 4 rings (SSSR count). The van der Waals surface area contributed by atoms with E-state index in [-0.39, 0.29) is 71.0 Å². The molecule has 0 bridgehead atoms. The summed E-state index contributed by atoms with van der Waals surface area (Å²) in [6.45, 7) is -0.256. The third-order valence-corrected chi connectivity index (χ3v) is 6.23. The Balaban J connectivity index is 1.90. The Kier molecular flexibility index (Phi) is 9.52. The van der Waals surface area contributed by atoms with E-state index in [0.717, 1.165) is 18.2 Å². The van der Waals surface area contributed by atoms with E-state index in [1.165, 1.54) is 24.3 Å². The van der Waals surface area contributed by atoms with E-state index in [1.807, 2.05) is 12.1 Å². The first kappa shape index (κ1) is 29.3. The van der Waals surface area contributed by atoms with Crippen LogP contribution in [0.2, 0.25) is 0 Å². The second kappa shape index (κ2) is 13.6. The zero-order chi connectivity index (χ0) is 30.1. The van der Waals surface area contributed by atoms with E-state index in [9.17, 15) is 19.2 Å². The van der Waals surface area contributed by atoms with Gasteiger partial charge in [0.25, 0.3) is 6.47 Å². The van der Waals surface area contributed by atoms with Gasteiger partial charge in [-0.1, -0.05) is 60.7 Å². The molecule has 0 aliphatic rings. The molecule has 10 nitrogen and oxygen atoms in total. The first-order valence-electron chi connectivity index (χ1n) is 12.7. The molecule has 0 aromatic heterocycles. The van der Waals surface area contributed by atoms with Crippen molar-refractivity contribution in [1.29, 1.82) is 0 Å². The molecule has 0 atom stereocenters. The van der Waals surface area contributed by atoms with Gasteiger partial charge in [-0.25, -0.2) is 14.4 Å². The molecule has 42 heavy (non-hydrogen) atoms. The van der Waals surface area contributed by atoms with Crippen LogP contribution in [0.4, 0.5) is 11.4 Å². The van der Waals surface area contributed by atoms with E-state index < -0.39 is 17.9 Å². The fraction of sp³-hybridized carbons (Fsp3) is 0.125. The monoisotopic (exact) mass is 568 g/mol. The van der Waals surface area contributed by atoms with Gasteiger partial charge in [-0.15, -0.1) is 0 Å². The lowest BCUT2D eigenvalue weighted by Gasteiger charge is -2.20. The highest BCUT2D eigenvalue weighted by molar-refractivity contribution is 6.11. The number of rotatable bonds is 11. The Labute approximate surface area is 241 Å². The van der Waals surface area contributed by atoms with E-state index >= 15 is 0 Å².